The topological polar surface area (TPSA) is 25.8 Å². The number of rotatable bonds is 0. The molecule has 0 aromatic carbocycles. The number of aromatic nitrogens is 2. The van der Waals surface area contributed by atoms with Gasteiger partial charge in [0.05, 0.1) is 15.3 Å². The second-order valence-corrected chi connectivity index (χ2v) is 4.01. The van der Waals surface area contributed by atoms with Crippen LogP contribution in [-0.2, 0) is 6.18 Å². The molecular formula is C8H5F3N2S. The van der Waals surface area contributed by atoms with Gasteiger partial charge in [-0.1, -0.05) is 0 Å². The summed E-state index contributed by atoms with van der Waals surface area (Å²) in [6.45, 7) is 1.74. The zero-order chi connectivity index (χ0) is 10.3. The quantitative estimate of drug-likeness (QED) is 0.679. The van der Waals surface area contributed by atoms with Crippen molar-refractivity contribution in [3.63, 3.8) is 0 Å². The summed E-state index contributed by atoms with van der Waals surface area (Å²) in [5, 5.41) is 0.715. The number of aryl methyl sites for hydroxylation is 1. The molecule has 0 amide bonds. The van der Waals surface area contributed by atoms with Gasteiger partial charge in [0.2, 0.25) is 0 Å². The summed E-state index contributed by atoms with van der Waals surface area (Å²) >= 11 is 1.21. The summed E-state index contributed by atoms with van der Waals surface area (Å²) < 4.78 is 37.3. The first kappa shape index (κ1) is 9.39. The summed E-state index contributed by atoms with van der Waals surface area (Å²) in [6.07, 6.45) is -3.53. The Balaban J connectivity index is 2.62. The molecule has 0 saturated heterocycles. The third-order valence-electron chi connectivity index (χ3n) is 1.68. The molecule has 2 heterocycles. The van der Waals surface area contributed by atoms with Crippen LogP contribution in [0.5, 0.6) is 0 Å². The van der Waals surface area contributed by atoms with E-state index < -0.39 is 11.7 Å². The number of hydrogen-bond acceptors (Lipinski definition) is 3. The molecular weight excluding hydrogens is 213 g/mol. The third kappa shape index (κ3) is 1.57. The minimum absolute atomic E-state index is 0.375. The van der Waals surface area contributed by atoms with Crippen LogP contribution in [0.2, 0.25) is 0 Å². The van der Waals surface area contributed by atoms with Crippen LogP contribution in [0.15, 0.2) is 12.3 Å². The highest BCUT2D eigenvalue weighted by molar-refractivity contribution is 7.18. The maximum atomic E-state index is 12.3. The van der Waals surface area contributed by atoms with E-state index >= 15 is 0 Å². The fourth-order valence-corrected chi connectivity index (χ4v) is 1.91. The van der Waals surface area contributed by atoms with E-state index in [1.165, 1.54) is 11.3 Å². The van der Waals surface area contributed by atoms with Crippen LogP contribution in [0.25, 0.3) is 10.3 Å². The zero-order valence-corrected chi connectivity index (χ0v) is 7.91. The van der Waals surface area contributed by atoms with Crippen LogP contribution in [0.1, 0.15) is 10.6 Å². The van der Waals surface area contributed by atoms with Crippen molar-refractivity contribution in [2.24, 2.45) is 0 Å². The van der Waals surface area contributed by atoms with Gasteiger partial charge in [-0.05, 0) is 13.0 Å². The Bertz CT molecular complexity index is 475. The van der Waals surface area contributed by atoms with E-state index in [1.54, 1.807) is 6.92 Å². The predicted molar refractivity (Wildman–Crippen MR) is 47.2 cm³/mol. The first-order chi connectivity index (χ1) is 6.47. The van der Waals surface area contributed by atoms with Crippen LogP contribution in [0.4, 0.5) is 13.2 Å². The van der Waals surface area contributed by atoms with Crippen molar-refractivity contribution in [1.82, 2.24) is 9.97 Å². The number of halogens is 3. The minimum atomic E-state index is -4.33. The van der Waals surface area contributed by atoms with Crippen molar-refractivity contribution < 1.29 is 13.2 Å². The minimum Gasteiger partial charge on any atom is -0.235 e. The van der Waals surface area contributed by atoms with Gasteiger partial charge in [-0.25, -0.2) is 9.97 Å². The van der Waals surface area contributed by atoms with Gasteiger partial charge < -0.3 is 0 Å². The molecule has 0 atom stereocenters. The van der Waals surface area contributed by atoms with E-state index in [-0.39, 0.29) is 0 Å². The molecule has 0 aliphatic carbocycles. The van der Waals surface area contributed by atoms with E-state index in [9.17, 15) is 13.2 Å². The molecule has 2 aromatic heterocycles. The first-order valence-electron chi connectivity index (χ1n) is 3.77. The normalized spacial score (nSPS) is 12.3. The van der Waals surface area contributed by atoms with Crippen LogP contribution < -0.4 is 0 Å². The standard InChI is InChI=1S/C8H5F3N2S/c1-4-13-7-6(14-4)2-5(3-12-7)8(9,10)11/h2-3H,1H3. The molecule has 0 aliphatic heterocycles. The number of pyridine rings is 1. The molecule has 6 heteroatoms. The van der Waals surface area contributed by atoms with Crippen LogP contribution in [0, 0.1) is 6.92 Å². The highest BCUT2D eigenvalue weighted by Gasteiger charge is 2.31. The second kappa shape index (κ2) is 2.91. The van der Waals surface area contributed by atoms with Gasteiger partial charge in [0, 0.05) is 6.20 Å². The van der Waals surface area contributed by atoms with Crippen molar-refractivity contribution in [3.8, 4) is 0 Å². The molecule has 0 radical (unpaired) electrons. The summed E-state index contributed by atoms with van der Waals surface area (Å²) in [6, 6.07) is 1.08. The van der Waals surface area contributed by atoms with Gasteiger partial charge in [-0.15, -0.1) is 11.3 Å². The number of alkyl halides is 3. The maximum absolute atomic E-state index is 12.3. The Morgan fingerprint density at radius 2 is 2.07 bits per heavy atom. The van der Waals surface area contributed by atoms with E-state index in [4.69, 9.17) is 0 Å². The van der Waals surface area contributed by atoms with Gasteiger partial charge >= 0.3 is 6.18 Å². The van der Waals surface area contributed by atoms with Crippen LogP contribution in [-0.4, -0.2) is 9.97 Å². The van der Waals surface area contributed by atoms with Crippen LogP contribution >= 0.6 is 11.3 Å². The highest BCUT2D eigenvalue weighted by Crippen LogP contribution is 2.31. The summed E-state index contributed by atoms with van der Waals surface area (Å²) in [4.78, 5) is 7.62. The van der Waals surface area contributed by atoms with Crippen molar-refractivity contribution in [2.45, 2.75) is 13.1 Å². The fourth-order valence-electron chi connectivity index (χ4n) is 1.08. The molecule has 0 unspecified atom stereocenters. The van der Waals surface area contributed by atoms with E-state index in [0.29, 0.717) is 15.4 Å². The average Bonchev–Trinajstić information content (AvgIpc) is 2.41. The monoisotopic (exact) mass is 218 g/mol. The van der Waals surface area contributed by atoms with Crippen LogP contribution in [0.3, 0.4) is 0 Å². The lowest BCUT2D eigenvalue weighted by atomic mass is 10.3. The van der Waals surface area contributed by atoms with Crippen molar-refractivity contribution in [1.29, 1.82) is 0 Å². The maximum Gasteiger partial charge on any atom is 0.417 e. The van der Waals surface area contributed by atoms with Crippen molar-refractivity contribution in [2.75, 3.05) is 0 Å². The first-order valence-corrected chi connectivity index (χ1v) is 4.59. The summed E-state index contributed by atoms with van der Waals surface area (Å²) in [5.41, 5.74) is -0.353. The molecule has 0 aliphatic rings. The van der Waals surface area contributed by atoms with E-state index in [0.717, 1.165) is 12.3 Å². The Labute approximate surface area is 81.4 Å². The zero-order valence-electron chi connectivity index (χ0n) is 7.09. The molecule has 0 spiro atoms. The lowest BCUT2D eigenvalue weighted by Gasteiger charge is -2.04. The van der Waals surface area contributed by atoms with Crippen molar-refractivity contribution >= 4 is 21.7 Å². The number of thiazole rings is 1. The van der Waals surface area contributed by atoms with Gasteiger partial charge in [0.15, 0.2) is 5.65 Å². The van der Waals surface area contributed by atoms with E-state index in [2.05, 4.69) is 9.97 Å². The third-order valence-corrected chi connectivity index (χ3v) is 2.59. The Morgan fingerprint density at radius 3 is 2.71 bits per heavy atom. The van der Waals surface area contributed by atoms with E-state index in [1.807, 2.05) is 0 Å². The number of nitrogens with zero attached hydrogens (tertiary/aromatic N) is 2. The fraction of sp³-hybridized carbons (Fsp3) is 0.250. The lowest BCUT2D eigenvalue weighted by Crippen LogP contribution is -2.04. The van der Waals surface area contributed by atoms with Gasteiger partial charge in [0.25, 0.3) is 0 Å². The Hall–Kier alpha value is -1.17. The highest BCUT2D eigenvalue weighted by atomic mass is 32.1. The molecule has 0 fully saturated rings. The van der Waals surface area contributed by atoms with Gasteiger partial charge in [0.1, 0.15) is 0 Å². The largest absolute Gasteiger partial charge is 0.417 e. The molecule has 0 N–H and O–H groups in total. The summed E-state index contributed by atoms with van der Waals surface area (Å²) in [5.74, 6) is 0. The number of hydrogen-bond donors (Lipinski definition) is 0. The Kier molecular flexibility index (Phi) is 1.95. The molecule has 0 saturated carbocycles. The van der Waals surface area contributed by atoms with Gasteiger partial charge in [-0.2, -0.15) is 13.2 Å². The SMILES string of the molecule is Cc1nc2ncc(C(F)(F)F)cc2s1. The predicted octanol–water partition coefficient (Wildman–Crippen LogP) is 3.02. The molecule has 0 bridgehead atoms. The molecule has 14 heavy (non-hydrogen) atoms. The lowest BCUT2D eigenvalue weighted by molar-refractivity contribution is -0.137. The average molecular weight is 218 g/mol. The summed E-state index contributed by atoms with van der Waals surface area (Å²) in [7, 11) is 0. The number of fused-ring (bicyclic) bond motifs is 1. The van der Waals surface area contributed by atoms with Crippen molar-refractivity contribution in [3.05, 3.63) is 22.8 Å². The molecule has 74 valence electrons. The molecule has 2 rings (SSSR count). The second-order valence-electron chi connectivity index (χ2n) is 2.78. The van der Waals surface area contributed by atoms with Gasteiger partial charge in [-0.3, -0.25) is 0 Å². The smallest absolute Gasteiger partial charge is 0.235 e. The molecule has 2 nitrogen and oxygen atoms in total. The Morgan fingerprint density at radius 1 is 1.36 bits per heavy atom. The molecule has 2 aromatic rings.